The van der Waals surface area contributed by atoms with Gasteiger partial charge in [0.25, 0.3) is 5.91 Å². The first-order valence-electron chi connectivity index (χ1n) is 7.47. The quantitative estimate of drug-likeness (QED) is 0.874. The lowest BCUT2D eigenvalue weighted by Crippen LogP contribution is -2.40. The lowest BCUT2D eigenvalue weighted by atomic mass is 10.1. The van der Waals surface area contributed by atoms with Crippen LogP contribution in [0.5, 0.6) is 0 Å². The molecule has 0 aromatic heterocycles. The highest BCUT2D eigenvalue weighted by Gasteiger charge is 2.22. The molecule has 1 rings (SSSR count). The van der Waals surface area contributed by atoms with E-state index in [1.54, 1.807) is 19.2 Å². The van der Waals surface area contributed by atoms with Crippen molar-refractivity contribution in [1.82, 2.24) is 9.62 Å². The molecule has 0 aliphatic carbocycles. The first-order valence-corrected chi connectivity index (χ1v) is 8.91. The third-order valence-corrected chi connectivity index (χ3v) is 4.97. The summed E-state index contributed by atoms with van der Waals surface area (Å²) in [5.74, 6) is -0.277. The van der Waals surface area contributed by atoms with Crippen LogP contribution in [0.3, 0.4) is 0 Å². The van der Waals surface area contributed by atoms with Crippen LogP contribution < -0.4 is 5.32 Å². The summed E-state index contributed by atoms with van der Waals surface area (Å²) in [4.78, 5) is 12.3. The number of unbranched alkanes of at least 4 members (excludes halogenated alkanes) is 1. The highest BCUT2D eigenvalue weighted by molar-refractivity contribution is 7.89. The Labute approximate surface area is 133 Å². The molecule has 0 atom stereocenters. The molecule has 6 heteroatoms. The minimum absolute atomic E-state index is 0.146. The molecule has 0 aliphatic heterocycles. The van der Waals surface area contributed by atoms with E-state index in [2.05, 4.69) is 5.32 Å². The topological polar surface area (TPSA) is 66.5 Å². The summed E-state index contributed by atoms with van der Waals surface area (Å²) in [6.45, 7) is 8.12. The Balaban J connectivity index is 3.03. The van der Waals surface area contributed by atoms with Crippen molar-refractivity contribution < 1.29 is 13.2 Å². The Morgan fingerprint density at radius 1 is 1.27 bits per heavy atom. The number of benzene rings is 1. The standard InChI is InChI=1S/C16H26N2O3S/c1-6-7-11-18(5)22(20,21)14-10-8-9-13(12-14)15(19)17-16(2,3)4/h8-10,12H,6-7,11H2,1-5H3,(H,17,19). The SMILES string of the molecule is CCCCN(C)S(=O)(=O)c1cccc(C(=O)NC(C)(C)C)c1. The van der Waals surface area contributed by atoms with Crippen LogP contribution in [0.1, 0.15) is 50.9 Å². The predicted octanol–water partition coefficient (Wildman–Crippen LogP) is 2.64. The highest BCUT2D eigenvalue weighted by Crippen LogP contribution is 2.17. The molecule has 1 aromatic rings. The Kier molecular flexibility index (Phi) is 6.14. The number of sulfonamides is 1. The lowest BCUT2D eigenvalue weighted by molar-refractivity contribution is 0.0919. The zero-order valence-corrected chi connectivity index (χ0v) is 14.8. The second kappa shape index (κ2) is 7.24. The van der Waals surface area contributed by atoms with Gasteiger partial charge in [-0.3, -0.25) is 4.79 Å². The number of rotatable bonds is 6. The van der Waals surface area contributed by atoms with E-state index in [0.29, 0.717) is 12.1 Å². The first-order chi connectivity index (χ1) is 10.1. The third-order valence-electron chi connectivity index (χ3n) is 3.12. The number of carbonyl (C=O) groups excluding carboxylic acids is 1. The van der Waals surface area contributed by atoms with Crippen molar-refractivity contribution in [3.63, 3.8) is 0 Å². The summed E-state index contributed by atoms with van der Waals surface area (Å²) >= 11 is 0. The summed E-state index contributed by atoms with van der Waals surface area (Å²) in [7, 11) is -2.00. The summed E-state index contributed by atoms with van der Waals surface area (Å²) in [5.41, 5.74) is -0.0240. The van der Waals surface area contributed by atoms with E-state index in [4.69, 9.17) is 0 Å². The molecule has 0 fully saturated rings. The summed E-state index contributed by atoms with van der Waals surface area (Å²) in [6.07, 6.45) is 1.73. The van der Waals surface area contributed by atoms with Gasteiger partial charge in [0.2, 0.25) is 10.0 Å². The van der Waals surface area contributed by atoms with Crippen LogP contribution >= 0.6 is 0 Å². The van der Waals surface area contributed by atoms with Crippen LogP contribution in [0.15, 0.2) is 29.2 Å². The average Bonchev–Trinajstić information content (AvgIpc) is 2.43. The van der Waals surface area contributed by atoms with Gasteiger partial charge in [-0.15, -0.1) is 0 Å². The summed E-state index contributed by atoms with van der Waals surface area (Å²) in [5, 5.41) is 2.83. The van der Waals surface area contributed by atoms with Crippen molar-refractivity contribution >= 4 is 15.9 Å². The molecule has 0 saturated carbocycles. The van der Waals surface area contributed by atoms with Gasteiger partial charge in [0.15, 0.2) is 0 Å². The molecular formula is C16H26N2O3S. The molecule has 0 aliphatic rings. The molecular weight excluding hydrogens is 300 g/mol. The van der Waals surface area contributed by atoms with E-state index in [1.165, 1.54) is 16.4 Å². The van der Waals surface area contributed by atoms with Crippen molar-refractivity contribution in [3.8, 4) is 0 Å². The summed E-state index contributed by atoms with van der Waals surface area (Å²) in [6, 6.07) is 6.16. The van der Waals surface area contributed by atoms with E-state index in [9.17, 15) is 13.2 Å². The molecule has 0 unspecified atom stereocenters. The van der Waals surface area contributed by atoms with E-state index in [1.807, 2.05) is 27.7 Å². The number of hydrogen-bond donors (Lipinski definition) is 1. The van der Waals surface area contributed by atoms with Crippen molar-refractivity contribution in [3.05, 3.63) is 29.8 Å². The zero-order chi connectivity index (χ0) is 17.0. The summed E-state index contributed by atoms with van der Waals surface area (Å²) < 4.78 is 26.3. The average molecular weight is 326 g/mol. The van der Waals surface area contributed by atoms with Gasteiger partial charge >= 0.3 is 0 Å². The zero-order valence-electron chi connectivity index (χ0n) is 14.0. The van der Waals surface area contributed by atoms with Gasteiger partial charge in [0.05, 0.1) is 4.90 Å². The second-order valence-electron chi connectivity index (χ2n) is 6.41. The molecule has 0 radical (unpaired) electrons. The van der Waals surface area contributed by atoms with Crippen LogP contribution in [0.4, 0.5) is 0 Å². The number of amides is 1. The van der Waals surface area contributed by atoms with Crippen LogP contribution in [-0.2, 0) is 10.0 Å². The van der Waals surface area contributed by atoms with Crippen LogP contribution in [0, 0.1) is 0 Å². The van der Waals surface area contributed by atoms with Crippen molar-refractivity contribution in [2.45, 2.75) is 51.0 Å². The van der Waals surface area contributed by atoms with Crippen LogP contribution in [0.25, 0.3) is 0 Å². The molecule has 124 valence electrons. The molecule has 1 amide bonds. The number of hydrogen-bond acceptors (Lipinski definition) is 3. The van der Waals surface area contributed by atoms with E-state index >= 15 is 0 Å². The largest absolute Gasteiger partial charge is 0.347 e. The first kappa shape index (κ1) is 18.6. The Hall–Kier alpha value is -1.40. The highest BCUT2D eigenvalue weighted by atomic mass is 32.2. The monoisotopic (exact) mass is 326 g/mol. The van der Waals surface area contributed by atoms with Crippen LogP contribution in [0.2, 0.25) is 0 Å². The molecule has 0 bridgehead atoms. The van der Waals surface area contributed by atoms with Gasteiger partial charge in [0, 0.05) is 24.7 Å². The second-order valence-corrected chi connectivity index (χ2v) is 8.46. The maximum Gasteiger partial charge on any atom is 0.251 e. The lowest BCUT2D eigenvalue weighted by Gasteiger charge is -2.21. The van der Waals surface area contributed by atoms with Crippen molar-refractivity contribution in [1.29, 1.82) is 0 Å². The van der Waals surface area contributed by atoms with Crippen molar-refractivity contribution in [2.75, 3.05) is 13.6 Å². The maximum absolute atomic E-state index is 12.5. The smallest absolute Gasteiger partial charge is 0.251 e. The third kappa shape index (κ3) is 5.10. The minimum atomic E-state index is -3.56. The van der Waals surface area contributed by atoms with Gasteiger partial charge < -0.3 is 5.32 Å². The predicted molar refractivity (Wildman–Crippen MR) is 88.4 cm³/mol. The molecule has 0 saturated heterocycles. The Morgan fingerprint density at radius 3 is 2.45 bits per heavy atom. The molecule has 0 heterocycles. The fourth-order valence-electron chi connectivity index (χ4n) is 1.89. The normalized spacial score (nSPS) is 12.5. The van der Waals surface area contributed by atoms with E-state index < -0.39 is 10.0 Å². The molecule has 1 aromatic carbocycles. The van der Waals surface area contributed by atoms with Gasteiger partial charge in [-0.1, -0.05) is 19.4 Å². The Morgan fingerprint density at radius 2 is 1.91 bits per heavy atom. The van der Waals surface area contributed by atoms with Crippen LogP contribution in [-0.4, -0.2) is 37.8 Å². The number of carbonyl (C=O) groups is 1. The molecule has 22 heavy (non-hydrogen) atoms. The molecule has 0 spiro atoms. The van der Waals surface area contributed by atoms with E-state index in [0.717, 1.165) is 12.8 Å². The minimum Gasteiger partial charge on any atom is -0.347 e. The van der Waals surface area contributed by atoms with Gasteiger partial charge in [-0.2, -0.15) is 0 Å². The van der Waals surface area contributed by atoms with Crippen molar-refractivity contribution in [2.24, 2.45) is 0 Å². The van der Waals surface area contributed by atoms with E-state index in [-0.39, 0.29) is 16.3 Å². The van der Waals surface area contributed by atoms with Gasteiger partial charge in [-0.05, 0) is 45.4 Å². The molecule has 5 nitrogen and oxygen atoms in total. The van der Waals surface area contributed by atoms with Gasteiger partial charge in [-0.25, -0.2) is 12.7 Å². The van der Waals surface area contributed by atoms with Gasteiger partial charge in [0.1, 0.15) is 0 Å². The molecule has 1 N–H and O–H groups in total. The fourth-order valence-corrected chi connectivity index (χ4v) is 3.15. The maximum atomic E-state index is 12.5. The number of nitrogens with one attached hydrogen (secondary N) is 1. The Bertz CT molecular complexity index is 619. The fraction of sp³-hybridized carbons (Fsp3) is 0.562. The number of nitrogens with zero attached hydrogens (tertiary/aromatic N) is 1.